The number of anilines is 1. The molecular formula is C18H18F2N2O4. The molecule has 2 aromatic carbocycles. The fourth-order valence-corrected chi connectivity index (χ4v) is 2.50. The molecule has 0 unspecified atom stereocenters. The van der Waals surface area contributed by atoms with Gasteiger partial charge in [0.05, 0.1) is 0 Å². The summed E-state index contributed by atoms with van der Waals surface area (Å²) in [5.74, 6) is 1.31. The average molecular weight is 364 g/mol. The number of benzene rings is 2. The van der Waals surface area contributed by atoms with E-state index < -0.39 is 6.61 Å². The van der Waals surface area contributed by atoms with E-state index in [0.29, 0.717) is 36.9 Å². The minimum absolute atomic E-state index is 0.0210. The summed E-state index contributed by atoms with van der Waals surface area (Å²) in [4.78, 5) is 13.8. The number of ether oxygens (including phenoxy) is 3. The second-order valence-corrected chi connectivity index (χ2v) is 5.67. The highest BCUT2D eigenvalue weighted by Crippen LogP contribution is 2.31. The number of nitrogens with zero attached hydrogens (tertiary/aromatic N) is 1. The number of carbonyl (C=O) groups is 1. The van der Waals surface area contributed by atoms with Gasteiger partial charge in [0.1, 0.15) is 19.0 Å². The fourth-order valence-electron chi connectivity index (χ4n) is 2.50. The summed E-state index contributed by atoms with van der Waals surface area (Å²) in [6.07, 6.45) is 0. The molecular weight excluding hydrogens is 346 g/mol. The highest BCUT2D eigenvalue weighted by atomic mass is 19.3. The molecule has 3 rings (SSSR count). The number of hydrogen-bond donors (Lipinski definition) is 1. The van der Waals surface area contributed by atoms with Crippen LogP contribution >= 0.6 is 0 Å². The third kappa shape index (κ3) is 4.53. The van der Waals surface area contributed by atoms with Gasteiger partial charge in [0.15, 0.2) is 11.5 Å². The number of alkyl halides is 2. The van der Waals surface area contributed by atoms with Crippen molar-refractivity contribution in [1.29, 1.82) is 0 Å². The van der Waals surface area contributed by atoms with Gasteiger partial charge in [-0.25, -0.2) is 4.79 Å². The van der Waals surface area contributed by atoms with Crippen LogP contribution in [0.15, 0.2) is 42.5 Å². The predicted octanol–water partition coefficient (Wildman–Crippen LogP) is 3.72. The number of fused-ring (bicyclic) bond motifs is 1. The van der Waals surface area contributed by atoms with Gasteiger partial charge >= 0.3 is 12.6 Å². The van der Waals surface area contributed by atoms with E-state index in [4.69, 9.17) is 9.47 Å². The molecule has 6 nitrogen and oxygen atoms in total. The topological polar surface area (TPSA) is 60.0 Å². The van der Waals surface area contributed by atoms with Gasteiger partial charge < -0.3 is 24.4 Å². The Balaban J connectivity index is 1.61. The van der Waals surface area contributed by atoms with Crippen LogP contribution in [0.1, 0.15) is 5.56 Å². The van der Waals surface area contributed by atoms with Crippen LogP contribution in [0.25, 0.3) is 0 Å². The van der Waals surface area contributed by atoms with Crippen LogP contribution in [-0.2, 0) is 6.54 Å². The number of amides is 2. The number of urea groups is 1. The molecule has 1 aliphatic heterocycles. The van der Waals surface area contributed by atoms with Crippen molar-refractivity contribution >= 4 is 11.7 Å². The molecule has 0 radical (unpaired) electrons. The Morgan fingerprint density at radius 1 is 1.19 bits per heavy atom. The normalized spacial score (nSPS) is 12.6. The van der Waals surface area contributed by atoms with Crippen molar-refractivity contribution in [2.24, 2.45) is 0 Å². The van der Waals surface area contributed by atoms with E-state index in [1.54, 1.807) is 19.2 Å². The first-order valence-electron chi connectivity index (χ1n) is 7.97. The van der Waals surface area contributed by atoms with Crippen LogP contribution in [0.5, 0.6) is 17.2 Å². The Morgan fingerprint density at radius 3 is 2.73 bits per heavy atom. The van der Waals surface area contributed by atoms with Gasteiger partial charge in [-0.1, -0.05) is 12.1 Å². The molecule has 26 heavy (non-hydrogen) atoms. The zero-order valence-electron chi connectivity index (χ0n) is 14.1. The maximum Gasteiger partial charge on any atom is 0.387 e. The summed E-state index contributed by atoms with van der Waals surface area (Å²) in [6, 6.07) is 10.9. The predicted molar refractivity (Wildman–Crippen MR) is 91.0 cm³/mol. The number of halogens is 2. The standard InChI is InChI=1S/C18H18F2N2O4/c1-22(11-12-5-6-15-16(9-12)25-8-7-24-15)18(23)21-13-3-2-4-14(10-13)26-17(19)20/h2-6,9-10,17H,7-8,11H2,1H3,(H,21,23). The molecule has 0 saturated heterocycles. The molecule has 1 N–H and O–H groups in total. The summed E-state index contributed by atoms with van der Waals surface area (Å²) in [6.45, 7) is -1.57. The SMILES string of the molecule is CN(Cc1ccc2c(c1)OCCO2)C(=O)Nc1cccc(OC(F)F)c1. The largest absolute Gasteiger partial charge is 0.486 e. The van der Waals surface area contributed by atoms with Gasteiger partial charge in [-0.15, -0.1) is 0 Å². The first-order valence-corrected chi connectivity index (χ1v) is 7.97. The summed E-state index contributed by atoms with van der Waals surface area (Å²) < 4.78 is 39.9. The quantitative estimate of drug-likeness (QED) is 0.878. The first kappa shape index (κ1) is 17.8. The molecule has 1 heterocycles. The van der Waals surface area contributed by atoms with Gasteiger partial charge in [-0.3, -0.25) is 0 Å². The van der Waals surface area contributed by atoms with Gasteiger partial charge in [-0.05, 0) is 29.8 Å². The van der Waals surface area contributed by atoms with Crippen LogP contribution < -0.4 is 19.5 Å². The Kier molecular flexibility index (Phi) is 5.40. The van der Waals surface area contributed by atoms with Crippen LogP contribution in [-0.4, -0.2) is 37.8 Å². The van der Waals surface area contributed by atoms with Gasteiger partial charge in [0.2, 0.25) is 0 Å². The lowest BCUT2D eigenvalue weighted by Crippen LogP contribution is -2.30. The van der Waals surface area contributed by atoms with Crippen LogP contribution in [0.4, 0.5) is 19.3 Å². The smallest absolute Gasteiger partial charge is 0.387 e. The summed E-state index contributed by atoms with van der Waals surface area (Å²) >= 11 is 0. The number of carbonyl (C=O) groups excluding carboxylic acids is 1. The average Bonchev–Trinajstić information content (AvgIpc) is 2.61. The van der Waals surface area contributed by atoms with Gasteiger partial charge in [-0.2, -0.15) is 8.78 Å². The summed E-state index contributed by atoms with van der Waals surface area (Å²) in [5.41, 5.74) is 1.24. The molecule has 2 aromatic rings. The second kappa shape index (κ2) is 7.90. The molecule has 0 spiro atoms. The molecule has 2 amide bonds. The monoisotopic (exact) mass is 364 g/mol. The van der Waals surface area contributed by atoms with Crippen molar-refractivity contribution in [3.63, 3.8) is 0 Å². The van der Waals surface area contributed by atoms with E-state index in [9.17, 15) is 13.6 Å². The van der Waals surface area contributed by atoms with Crippen molar-refractivity contribution in [3.8, 4) is 17.2 Å². The van der Waals surface area contributed by atoms with Crippen LogP contribution in [0, 0.1) is 0 Å². The molecule has 1 aliphatic rings. The highest BCUT2D eigenvalue weighted by molar-refractivity contribution is 5.89. The van der Waals surface area contributed by atoms with Crippen molar-refractivity contribution < 1.29 is 27.8 Å². The lowest BCUT2D eigenvalue weighted by Gasteiger charge is -2.21. The van der Waals surface area contributed by atoms with Crippen molar-refractivity contribution in [2.75, 3.05) is 25.6 Å². The van der Waals surface area contributed by atoms with E-state index in [1.165, 1.54) is 23.1 Å². The van der Waals surface area contributed by atoms with Crippen LogP contribution in [0.2, 0.25) is 0 Å². The molecule has 0 saturated carbocycles. The van der Waals surface area contributed by atoms with E-state index in [-0.39, 0.29) is 11.8 Å². The number of nitrogens with one attached hydrogen (secondary N) is 1. The minimum Gasteiger partial charge on any atom is -0.486 e. The summed E-state index contributed by atoms with van der Waals surface area (Å²) in [7, 11) is 1.63. The Bertz CT molecular complexity index is 786. The van der Waals surface area contributed by atoms with Crippen molar-refractivity contribution in [3.05, 3.63) is 48.0 Å². The lowest BCUT2D eigenvalue weighted by atomic mass is 10.2. The maximum atomic E-state index is 12.3. The van der Waals surface area contributed by atoms with Gasteiger partial charge in [0.25, 0.3) is 0 Å². The highest BCUT2D eigenvalue weighted by Gasteiger charge is 2.15. The first-order chi connectivity index (χ1) is 12.5. The minimum atomic E-state index is -2.92. The third-order valence-electron chi connectivity index (χ3n) is 3.68. The van der Waals surface area contributed by atoms with Crippen molar-refractivity contribution in [1.82, 2.24) is 4.90 Å². The Morgan fingerprint density at radius 2 is 1.96 bits per heavy atom. The maximum absolute atomic E-state index is 12.3. The molecule has 0 fully saturated rings. The van der Waals surface area contributed by atoms with E-state index in [1.807, 2.05) is 12.1 Å². The Hall–Kier alpha value is -3.03. The van der Waals surface area contributed by atoms with Crippen molar-refractivity contribution in [2.45, 2.75) is 13.2 Å². The molecule has 0 atom stereocenters. The molecule has 0 bridgehead atoms. The zero-order chi connectivity index (χ0) is 18.5. The number of hydrogen-bond acceptors (Lipinski definition) is 4. The zero-order valence-corrected chi connectivity index (χ0v) is 14.1. The fraction of sp³-hybridized carbons (Fsp3) is 0.278. The Labute approximate surface area is 149 Å². The van der Waals surface area contributed by atoms with E-state index >= 15 is 0 Å². The number of rotatable bonds is 5. The summed E-state index contributed by atoms with van der Waals surface area (Å²) in [5, 5.41) is 2.64. The van der Waals surface area contributed by atoms with Crippen LogP contribution in [0.3, 0.4) is 0 Å². The van der Waals surface area contributed by atoms with E-state index in [0.717, 1.165) is 5.56 Å². The van der Waals surface area contributed by atoms with E-state index in [2.05, 4.69) is 10.1 Å². The molecule has 0 aliphatic carbocycles. The molecule has 8 heteroatoms. The molecule has 0 aromatic heterocycles. The van der Waals surface area contributed by atoms with Gasteiger partial charge in [0, 0.05) is 25.3 Å². The second-order valence-electron chi connectivity index (χ2n) is 5.67. The molecule has 138 valence electrons. The third-order valence-corrected chi connectivity index (χ3v) is 3.68. The lowest BCUT2D eigenvalue weighted by molar-refractivity contribution is -0.0497.